The third-order valence-electron chi connectivity index (χ3n) is 3.91. The highest BCUT2D eigenvalue weighted by Crippen LogP contribution is 2.21. The van der Waals surface area contributed by atoms with E-state index >= 15 is 0 Å². The van der Waals surface area contributed by atoms with Crippen LogP contribution in [0.25, 0.3) is 0 Å². The lowest BCUT2D eigenvalue weighted by Crippen LogP contribution is -2.36. The summed E-state index contributed by atoms with van der Waals surface area (Å²) in [6, 6.07) is -0.409. The Balaban J connectivity index is 1.95. The molecule has 0 bridgehead atoms. The van der Waals surface area contributed by atoms with E-state index in [4.69, 9.17) is 4.42 Å². The zero-order valence-corrected chi connectivity index (χ0v) is 15.5. The number of aromatic nitrogens is 3. The van der Waals surface area contributed by atoms with Gasteiger partial charge >= 0.3 is 6.03 Å². The molecule has 0 spiro atoms. The predicted molar refractivity (Wildman–Crippen MR) is 91.7 cm³/mol. The molecule has 0 aliphatic carbocycles. The molecular formula is C17H27N5O2. The van der Waals surface area contributed by atoms with Gasteiger partial charge in [0.25, 0.3) is 0 Å². The van der Waals surface area contributed by atoms with Crippen LogP contribution in [0.15, 0.2) is 10.6 Å². The molecule has 0 saturated carbocycles. The molecule has 24 heavy (non-hydrogen) atoms. The number of aryl methyl sites for hydroxylation is 3. The molecule has 0 aromatic carbocycles. The lowest BCUT2D eigenvalue weighted by molar-refractivity contribution is 0.236. The van der Waals surface area contributed by atoms with Gasteiger partial charge in [0.1, 0.15) is 5.76 Å². The number of rotatable bonds is 4. The standard InChI is InChI=1S/C17H27N5O2/c1-10-13(4)24-15(19-10)8-18-16(23)20-11(2)14-9-22(17(5,6)7)21-12(14)3/h9,11H,8H2,1-7H3,(H2,18,20,23)/t11-/m1/s1. The Kier molecular flexibility index (Phi) is 5.01. The van der Waals surface area contributed by atoms with Gasteiger partial charge in [-0.2, -0.15) is 5.10 Å². The van der Waals surface area contributed by atoms with E-state index in [9.17, 15) is 4.79 Å². The van der Waals surface area contributed by atoms with Crippen molar-refractivity contribution in [1.82, 2.24) is 25.4 Å². The molecule has 1 atom stereocenters. The van der Waals surface area contributed by atoms with Crippen LogP contribution in [0.2, 0.25) is 0 Å². The van der Waals surface area contributed by atoms with E-state index < -0.39 is 0 Å². The van der Waals surface area contributed by atoms with Crippen molar-refractivity contribution in [2.24, 2.45) is 0 Å². The lowest BCUT2D eigenvalue weighted by atomic mass is 10.1. The molecule has 0 radical (unpaired) electrons. The van der Waals surface area contributed by atoms with Crippen LogP contribution < -0.4 is 10.6 Å². The minimum Gasteiger partial charge on any atom is -0.444 e. The van der Waals surface area contributed by atoms with Gasteiger partial charge in [-0.25, -0.2) is 9.78 Å². The van der Waals surface area contributed by atoms with Crippen LogP contribution in [0, 0.1) is 20.8 Å². The summed E-state index contributed by atoms with van der Waals surface area (Å²) in [5, 5.41) is 10.2. The molecule has 7 heteroatoms. The number of oxazole rings is 1. The van der Waals surface area contributed by atoms with Crippen molar-refractivity contribution >= 4 is 6.03 Å². The van der Waals surface area contributed by atoms with Gasteiger partial charge in [0.2, 0.25) is 5.89 Å². The summed E-state index contributed by atoms with van der Waals surface area (Å²) in [4.78, 5) is 16.3. The zero-order chi connectivity index (χ0) is 18.1. The summed E-state index contributed by atoms with van der Waals surface area (Å²) in [5.41, 5.74) is 2.66. The summed E-state index contributed by atoms with van der Waals surface area (Å²) >= 11 is 0. The molecule has 7 nitrogen and oxygen atoms in total. The molecule has 2 rings (SSSR count). The zero-order valence-electron chi connectivity index (χ0n) is 15.5. The van der Waals surface area contributed by atoms with Gasteiger partial charge in [0.05, 0.1) is 29.5 Å². The number of nitrogens with one attached hydrogen (secondary N) is 2. The fourth-order valence-corrected chi connectivity index (χ4v) is 2.34. The highest BCUT2D eigenvalue weighted by atomic mass is 16.4. The molecule has 0 unspecified atom stereocenters. The first-order valence-electron chi connectivity index (χ1n) is 8.12. The SMILES string of the molecule is Cc1nn(C(C)(C)C)cc1[C@@H](C)NC(=O)NCc1nc(C)c(C)o1. The van der Waals surface area contributed by atoms with Gasteiger partial charge < -0.3 is 15.1 Å². The van der Waals surface area contributed by atoms with E-state index in [1.807, 2.05) is 38.6 Å². The Morgan fingerprint density at radius 3 is 2.46 bits per heavy atom. The normalized spacial score (nSPS) is 13.0. The van der Waals surface area contributed by atoms with E-state index in [1.165, 1.54) is 0 Å². The smallest absolute Gasteiger partial charge is 0.315 e. The molecule has 2 heterocycles. The maximum atomic E-state index is 12.1. The maximum absolute atomic E-state index is 12.1. The highest BCUT2D eigenvalue weighted by Gasteiger charge is 2.20. The number of carbonyl (C=O) groups is 1. The maximum Gasteiger partial charge on any atom is 0.315 e. The van der Waals surface area contributed by atoms with E-state index in [0.29, 0.717) is 5.89 Å². The van der Waals surface area contributed by atoms with Crippen molar-refractivity contribution in [2.45, 2.75) is 66.6 Å². The quantitative estimate of drug-likeness (QED) is 0.900. The molecule has 2 aromatic heterocycles. The fourth-order valence-electron chi connectivity index (χ4n) is 2.34. The number of hydrogen-bond donors (Lipinski definition) is 2. The molecular weight excluding hydrogens is 306 g/mol. The van der Waals surface area contributed by atoms with E-state index in [0.717, 1.165) is 22.7 Å². The van der Waals surface area contributed by atoms with Crippen LogP contribution in [0.5, 0.6) is 0 Å². The molecule has 0 saturated heterocycles. The van der Waals surface area contributed by atoms with Crippen LogP contribution in [0.1, 0.15) is 62.3 Å². The largest absolute Gasteiger partial charge is 0.444 e. The second kappa shape index (κ2) is 6.67. The lowest BCUT2D eigenvalue weighted by Gasteiger charge is -2.19. The van der Waals surface area contributed by atoms with Gasteiger partial charge in [-0.1, -0.05) is 0 Å². The second-order valence-electron chi connectivity index (χ2n) is 7.08. The number of hydrogen-bond acceptors (Lipinski definition) is 4. The van der Waals surface area contributed by atoms with E-state index in [-0.39, 0.29) is 24.2 Å². The van der Waals surface area contributed by atoms with Crippen molar-refractivity contribution in [3.05, 3.63) is 34.8 Å². The van der Waals surface area contributed by atoms with Crippen molar-refractivity contribution in [3.8, 4) is 0 Å². The third kappa shape index (κ3) is 4.15. The molecule has 0 aliphatic heterocycles. The molecule has 132 valence electrons. The summed E-state index contributed by atoms with van der Waals surface area (Å²) < 4.78 is 7.37. The first-order chi connectivity index (χ1) is 11.1. The first kappa shape index (κ1) is 18.0. The number of carbonyl (C=O) groups excluding carboxylic acids is 1. The van der Waals surface area contributed by atoms with Crippen molar-refractivity contribution < 1.29 is 9.21 Å². The summed E-state index contributed by atoms with van der Waals surface area (Å²) in [6.45, 7) is 14.1. The number of nitrogens with zero attached hydrogens (tertiary/aromatic N) is 3. The average molecular weight is 333 g/mol. The van der Waals surface area contributed by atoms with Crippen LogP contribution in [0.4, 0.5) is 4.79 Å². The van der Waals surface area contributed by atoms with Gasteiger partial charge in [-0.15, -0.1) is 0 Å². The minimum absolute atomic E-state index is 0.0916. The van der Waals surface area contributed by atoms with Crippen LogP contribution in [-0.4, -0.2) is 20.8 Å². The van der Waals surface area contributed by atoms with Gasteiger partial charge in [0, 0.05) is 11.8 Å². The fraction of sp³-hybridized carbons (Fsp3) is 0.588. The van der Waals surface area contributed by atoms with Crippen LogP contribution in [0.3, 0.4) is 0 Å². The first-order valence-corrected chi connectivity index (χ1v) is 8.12. The molecule has 0 aliphatic rings. The average Bonchev–Trinajstić information content (AvgIpc) is 3.00. The third-order valence-corrected chi connectivity index (χ3v) is 3.91. The van der Waals surface area contributed by atoms with Gasteiger partial charge in [-0.05, 0) is 48.5 Å². The van der Waals surface area contributed by atoms with Crippen molar-refractivity contribution in [2.75, 3.05) is 0 Å². The van der Waals surface area contributed by atoms with Gasteiger partial charge in [-0.3, -0.25) is 4.68 Å². The second-order valence-corrected chi connectivity index (χ2v) is 7.08. The van der Waals surface area contributed by atoms with Crippen molar-refractivity contribution in [1.29, 1.82) is 0 Å². The Hall–Kier alpha value is -2.31. The Morgan fingerprint density at radius 2 is 1.96 bits per heavy atom. The summed E-state index contributed by atoms with van der Waals surface area (Å²) in [6.07, 6.45) is 1.99. The predicted octanol–water partition coefficient (Wildman–Crippen LogP) is 3.11. The van der Waals surface area contributed by atoms with E-state index in [2.05, 4.69) is 41.5 Å². The summed E-state index contributed by atoms with van der Waals surface area (Å²) in [5.74, 6) is 1.27. The molecule has 0 fully saturated rings. The number of amides is 2. The number of urea groups is 1. The summed E-state index contributed by atoms with van der Waals surface area (Å²) in [7, 11) is 0. The Labute approximate surface area is 142 Å². The van der Waals surface area contributed by atoms with E-state index in [1.54, 1.807) is 0 Å². The van der Waals surface area contributed by atoms with Crippen LogP contribution >= 0.6 is 0 Å². The Morgan fingerprint density at radius 1 is 1.29 bits per heavy atom. The Bertz CT molecular complexity index is 704. The monoisotopic (exact) mass is 333 g/mol. The minimum atomic E-state index is -0.265. The molecule has 2 aromatic rings. The highest BCUT2D eigenvalue weighted by molar-refractivity contribution is 5.74. The molecule has 2 N–H and O–H groups in total. The van der Waals surface area contributed by atoms with Gasteiger partial charge in [0.15, 0.2) is 0 Å². The van der Waals surface area contributed by atoms with Crippen molar-refractivity contribution in [3.63, 3.8) is 0 Å². The topological polar surface area (TPSA) is 85.0 Å². The molecule has 2 amide bonds. The van der Waals surface area contributed by atoms with Crippen LogP contribution in [-0.2, 0) is 12.1 Å².